The highest BCUT2D eigenvalue weighted by molar-refractivity contribution is 5.77. The summed E-state index contributed by atoms with van der Waals surface area (Å²) in [5, 5.41) is 13.3. The first-order chi connectivity index (χ1) is 9.03. The van der Waals surface area contributed by atoms with Crippen molar-refractivity contribution in [2.45, 2.75) is 6.54 Å². The van der Waals surface area contributed by atoms with Crippen molar-refractivity contribution in [3.05, 3.63) is 27.8 Å². The van der Waals surface area contributed by atoms with Gasteiger partial charge in [-0.3, -0.25) is 14.9 Å². The molecule has 0 radical (unpaired) electrons. The van der Waals surface area contributed by atoms with Crippen molar-refractivity contribution < 1.29 is 19.2 Å². The second kappa shape index (κ2) is 6.55. The highest BCUT2D eigenvalue weighted by Gasteiger charge is 2.19. The monoisotopic (exact) mass is 269 g/mol. The zero-order chi connectivity index (χ0) is 14.4. The van der Waals surface area contributed by atoms with Crippen molar-refractivity contribution in [2.24, 2.45) is 5.73 Å². The van der Waals surface area contributed by atoms with E-state index >= 15 is 0 Å². The van der Waals surface area contributed by atoms with E-state index in [1.807, 2.05) is 0 Å². The van der Waals surface area contributed by atoms with Crippen molar-refractivity contribution in [3.63, 3.8) is 0 Å². The molecule has 0 unspecified atom stereocenters. The van der Waals surface area contributed by atoms with Gasteiger partial charge in [0, 0.05) is 19.2 Å². The van der Waals surface area contributed by atoms with Gasteiger partial charge in [-0.2, -0.15) is 0 Å². The van der Waals surface area contributed by atoms with Gasteiger partial charge < -0.3 is 20.5 Å². The molecule has 0 aromatic heterocycles. The molecule has 0 saturated carbocycles. The van der Waals surface area contributed by atoms with Crippen LogP contribution in [-0.2, 0) is 11.3 Å². The molecule has 0 fully saturated rings. The largest absolute Gasteiger partial charge is 0.493 e. The Labute approximate surface area is 109 Å². The Bertz CT molecular complexity index is 489. The molecular formula is C11H15N3O5. The van der Waals surface area contributed by atoms with E-state index < -0.39 is 4.92 Å². The van der Waals surface area contributed by atoms with Gasteiger partial charge in [0.05, 0.1) is 18.1 Å². The summed E-state index contributed by atoms with van der Waals surface area (Å²) in [7, 11) is 2.86. The Morgan fingerprint density at radius 2 is 2.16 bits per heavy atom. The number of carbonyl (C=O) groups excluding carboxylic acids is 1. The van der Waals surface area contributed by atoms with Gasteiger partial charge in [-0.15, -0.1) is 0 Å². The van der Waals surface area contributed by atoms with Crippen molar-refractivity contribution in [1.82, 2.24) is 5.32 Å². The summed E-state index contributed by atoms with van der Waals surface area (Å²) in [6, 6.07) is 2.63. The lowest BCUT2D eigenvalue weighted by atomic mass is 10.1. The Morgan fingerprint density at radius 3 is 2.63 bits per heavy atom. The first-order valence-electron chi connectivity index (χ1n) is 5.42. The number of nitrogens with two attached hydrogens (primary N) is 1. The molecule has 104 valence electrons. The van der Waals surface area contributed by atoms with E-state index in [9.17, 15) is 14.9 Å². The summed E-state index contributed by atoms with van der Waals surface area (Å²) in [6.45, 7) is -0.256. The number of rotatable bonds is 6. The average Bonchev–Trinajstić information content (AvgIpc) is 2.43. The molecule has 0 spiro atoms. The highest BCUT2D eigenvalue weighted by atomic mass is 16.6. The first-order valence-corrected chi connectivity index (χ1v) is 5.42. The number of hydrogen-bond donors (Lipinski definition) is 2. The fourth-order valence-electron chi connectivity index (χ4n) is 1.41. The topological polar surface area (TPSA) is 117 Å². The molecule has 1 aromatic rings. The Balaban J connectivity index is 3.11. The van der Waals surface area contributed by atoms with Crippen LogP contribution >= 0.6 is 0 Å². The summed E-state index contributed by atoms with van der Waals surface area (Å²) in [5.41, 5.74) is 5.60. The number of benzene rings is 1. The Morgan fingerprint density at radius 1 is 1.47 bits per heavy atom. The minimum absolute atomic E-state index is 0.00238. The first kappa shape index (κ1) is 14.7. The summed E-state index contributed by atoms with van der Waals surface area (Å²) in [5.74, 6) is 0.0533. The van der Waals surface area contributed by atoms with Crippen LogP contribution in [0, 0.1) is 10.1 Å². The SMILES string of the molecule is CNC(=O)COc1cc([N+](=O)[O-])c(CN)cc1OC. The zero-order valence-electron chi connectivity index (χ0n) is 10.6. The van der Waals surface area contributed by atoms with Crippen LogP contribution in [0.5, 0.6) is 11.5 Å². The van der Waals surface area contributed by atoms with Crippen molar-refractivity contribution in [1.29, 1.82) is 0 Å². The number of nitro groups is 1. The van der Waals surface area contributed by atoms with Crippen molar-refractivity contribution in [2.75, 3.05) is 20.8 Å². The van der Waals surface area contributed by atoms with Crippen molar-refractivity contribution in [3.8, 4) is 11.5 Å². The number of methoxy groups -OCH3 is 1. The summed E-state index contributed by atoms with van der Waals surface area (Å²) < 4.78 is 10.2. The van der Waals surface area contributed by atoms with Gasteiger partial charge in [-0.05, 0) is 6.07 Å². The number of hydrogen-bond acceptors (Lipinski definition) is 6. The minimum atomic E-state index is -0.561. The van der Waals surface area contributed by atoms with Gasteiger partial charge in [0.25, 0.3) is 11.6 Å². The molecule has 1 amide bonds. The lowest BCUT2D eigenvalue weighted by Gasteiger charge is -2.11. The second-order valence-corrected chi connectivity index (χ2v) is 3.55. The average molecular weight is 269 g/mol. The molecule has 3 N–H and O–H groups in total. The van der Waals surface area contributed by atoms with Gasteiger partial charge in [-0.25, -0.2) is 0 Å². The highest BCUT2D eigenvalue weighted by Crippen LogP contribution is 2.34. The van der Waals surface area contributed by atoms with E-state index in [4.69, 9.17) is 15.2 Å². The molecule has 1 rings (SSSR count). The van der Waals surface area contributed by atoms with Crippen LogP contribution in [0.2, 0.25) is 0 Å². The van der Waals surface area contributed by atoms with Gasteiger partial charge in [0.15, 0.2) is 18.1 Å². The number of nitrogens with one attached hydrogen (secondary N) is 1. The maximum Gasteiger partial charge on any atom is 0.277 e. The second-order valence-electron chi connectivity index (χ2n) is 3.55. The summed E-state index contributed by atoms with van der Waals surface area (Å²) in [6.07, 6.45) is 0. The molecule has 1 aromatic carbocycles. The number of amides is 1. The third-order valence-corrected chi connectivity index (χ3v) is 2.42. The number of nitro benzene ring substituents is 1. The molecular weight excluding hydrogens is 254 g/mol. The summed E-state index contributed by atoms with van der Waals surface area (Å²) >= 11 is 0. The van der Waals surface area contributed by atoms with Gasteiger partial charge in [0.1, 0.15) is 0 Å². The van der Waals surface area contributed by atoms with Crippen LogP contribution in [0.4, 0.5) is 5.69 Å². The third kappa shape index (κ3) is 3.55. The molecule has 0 atom stereocenters. The van der Waals surface area contributed by atoms with E-state index in [1.54, 1.807) is 0 Å². The van der Waals surface area contributed by atoms with E-state index in [-0.39, 0.29) is 36.2 Å². The molecule has 19 heavy (non-hydrogen) atoms. The van der Waals surface area contributed by atoms with E-state index in [0.29, 0.717) is 5.56 Å². The third-order valence-electron chi connectivity index (χ3n) is 2.42. The quantitative estimate of drug-likeness (QED) is 0.562. The minimum Gasteiger partial charge on any atom is -0.493 e. The maximum atomic E-state index is 11.1. The lowest BCUT2D eigenvalue weighted by molar-refractivity contribution is -0.385. The molecule has 0 saturated heterocycles. The van der Waals surface area contributed by atoms with Gasteiger partial charge in [0.2, 0.25) is 0 Å². The van der Waals surface area contributed by atoms with E-state index in [1.165, 1.54) is 26.3 Å². The zero-order valence-corrected chi connectivity index (χ0v) is 10.6. The van der Waals surface area contributed by atoms with E-state index in [2.05, 4.69) is 5.32 Å². The Hall–Kier alpha value is -2.35. The van der Waals surface area contributed by atoms with Crippen LogP contribution in [0.15, 0.2) is 12.1 Å². The number of likely N-dealkylation sites (N-methyl/N-ethyl adjacent to an activating group) is 1. The fraction of sp³-hybridized carbons (Fsp3) is 0.364. The summed E-state index contributed by atoms with van der Waals surface area (Å²) in [4.78, 5) is 21.4. The predicted octanol–water partition coefficient (Wildman–Crippen LogP) is 0.187. The molecule has 0 aliphatic heterocycles. The predicted molar refractivity (Wildman–Crippen MR) is 67.1 cm³/mol. The van der Waals surface area contributed by atoms with Gasteiger partial charge in [-0.1, -0.05) is 0 Å². The molecule has 8 nitrogen and oxygen atoms in total. The maximum absolute atomic E-state index is 11.1. The standard InChI is InChI=1S/C11H15N3O5/c1-13-11(15)6-19-10-4-8(14(16)17)7(5-12)3-9(10)18-2/h3-4H,5-6,12H2,1-2H3,(H,13,15). The Kier molecular flexibility index (Phi) is 5.07. The van der Waals surface area contributed by atoms with Crippen LogP contribution in [0.1, 0.15) is 5.56 Å². The number of nitrogens with zero attached hydrogens (tertiary/aromatic N) is 1. The normalized spacial score (nSPS) is 9.84. The number of ether oxygens (including phenoxy) is 2. The van der Waals surface area contributed by atoms with Crippen LogP contribution in [0.3, 0.4) is 0 Å². The van der Waals surface area contributed by atoms with E-state index in [0.717, 1.165) is 0 Å². The van der Waals surface area contributed by atoms with Crippen LogP contribution < -0.4 is 20.5 Å². The molecule has 8 heteroatoms. The van der Waals surface area contributed by atoms with Crippen molar-refractivity contribution >= 4 is 11.6 Å². The molecule has 0 aliphatic carbocycles. The van der Waals surface area contributed by atoms with Crippen LogP contribution in [-0.4, -0.2) is 31.6 Å². The smallest absolute Gasteiger partial charge is 0.277 e. The molecule has 0 aliphatic rings. The molecule has 0 bridgehead atoms. The number of carbonyl (C=O) groups is 1. The van der Waals surface area contributed by atoms with Gasteiger partial charge >= 0.3 is 0 Å². The van der Waals surface area contributed by atoms with Crippen LogP contribution in [0.25, 0.3) is 0 Å². The lowest BCUT2D eigenvalue weighted by Crippen LogP contribution is -2.25. The fourth-order valence-corrected chi connectivity index (χ4v) is 1.41. The molecule has 0 heterocycles.